The minimum Gasteiger partial charge on any atom is -0.497 e. The zero-order valence-corrected chi connectivity index (χ0v) is 20.6. The van der Waals surface area contributed by atoms with Gasteiger partial charge in [-0.25, -0.2) is 0 Å². The van der Waals surface area contributed by atoms with Gasteiger partial charge in [-0.05, 0) is 77.6 Å². The molecule has 3 aromatic carbocycles. The number of rotatable bonds is 5. The average Bonchev–Trinajstić information content (AvgIpc) is 3.26. The van der Waals surface area contributed by atoms with Crippen molar-refractivity contribution in [2.75, 3.05) is 20.8 Å². The van der Waals surface area contributed by atoms with Crippen molar-refractivity contribution in [3.05, 3.63) is 88.1 Å². The van der Waals surface area contributed by atoms with Crippen LogP contribution in [0.1, 0.15) is 39.6 Å². The van der Waals surface area contributed by atoms with Gasteiger partial charge in [0.15, 0.2) is 11.5 Å². The molecule has 4 aromatic rings. The third-order valence-electron chi connectivity index (χ3n) is 7.53. The maximum atomic E-state index is 12.9. The Kier molecular flexibility index (Phi) is 5.79. The Morgan fingerprint density at radius 2 is 1.78 bits per heavy atom. The first kappa shape index (κ1) is 23.7. The lowest BCUT2D eigenvalue weighted by Gasteiger charge is -2.40. The third kappa shape index (κ3) is 4.29. The van der Waals surface area contributed by atoms with Crippen LogP contribution in [-0.2, 0) is 32.2 Å². The van der Waals surface area contributed by atoms with E-state index >= 15 is 0 Å². The molecule has 1 aromatic heterocycles. The number of H-pyrrole nitrogens is 1. The number of hydrogen-bond acceptors (Lipinski definition) is 4. The number of aromatic nitrogens is 1. The minimum atomic E-state index is -4.36. The first-order chi connectivity index (χ1) is 17.8. The molecule has 0 fully saturated rings. The average molecular weight is 509 g/mol. The summed E-state index contributed by atoms with van der Waals surface area (Å²) in [7, 11) is 3.28. The van der Waals surface area contributed by atoms with Crippen LogP contribution in [0, 0.1) is 0 Å². The van der Waals surface area contributed by atoms with E-state index in [0.29, 0.717) is 17.1 Å². The molecule has 0 amide bonds. The molecule has 2 aliphatic rings. The van der Waals surface area contributed by atoms with Gasteiger partial charge in [-0.1, -0.05) is 12.1 Å². The molecule has 192 valence electrons. The fraction of sp³-hybridized carbons (Fsp3) is 0.310. The van der Waals surface area contributed by atoms with E-state index in [9.17, 15) is 13.2 Å². The summed E-state index contributed by atoms with van der Waals surface area (Å²) in [5.74, 6) is 2.06. The number of alkyl halides is 3. The number of methoxy groups -OCH3 is 2. The maximum absolute atomic E-state index is 12.9. The second-order valence-corrected chi connectivity index (χ2v) is 9.62. The summed E-state index contributed by atoms with van der Waals surface area (Å²) < 4.78 is 55.9. The molecule has 8 heteroatoms. The zero-order valence-electron chi connectivity index (χ0n) is 20.6. The van der Waals surface area contributed by atoms with E-state index in [1.807, 2.05) is 12.1 Å². The Morgan fingerprint density at radius 3 is 2.51 bits per heavy atom. The SMILES string of the molecule is COc1ccc2[nH]c3c(c2c1)C[C@@H]1c2cc(OCc4ccc(C(F)(F)F)cc4)c(OC)cc2CCN1C3. The summed E-state index contributed by atoms with van der Waals surface area (Å²) >= 11 is 0. The maximum Gasteiger partial charge on any atom is 0.416 e. The number of aromatic amines is 1. The van der Waals surface area contributed by atoms with Crippen molar-refractivity contribution in [1.29, 1.82) is 0 Å². The summed E-state index contributed by atoms with van der Waals surface area (Å²) in [6.07, 6.45) is -2.59. The van der Waals surface area contributed by atoms with Crippen LogP contribution in [0.15, 0.2) is 54.6 Å². The lowest BCUT2D eigenvalue weighted by atomic mass is 9.85. The molecule has 6 rings (SSSR count). The first-order valence-corrected chi connectivity index (χ1v) is 12.3. The van der Waals surface area contributed by atoms with Gasteiger partial charge in [0, 0.05) is 35.7 Å². The zero-order chi connectivity index (χ0) is 25.7. The normalized spacial score (nSPS) is 17.2. The van der Waals surface area contributed by atoms with Gasteiger partial charge in [-0.2, -0.15) is 13.2 Å². The predicted octanol–water partition coefficient (Wildman–Crippen LogP) is 6.44. The molecule has 0 unspecified atom stereocenters. The Morgan fingerprint density at radius 1 is 0.973 bits per heavy atom. The van der Waals surface area contributed by atoms with Crippen molar-refractivity contribution in [2.24, 2.45) is 0 Å². The molecule has 0 saturated heterocycles. The van der Waals surface area contributed by atoms with E-state index in [2.05, 4.69) is 28.1 Å². The number of fused-ring (bicyclic) bond motifs is 6. The number of ether oxygens (including phenoxy) is 3. The number of benzene rings is 3. The van der Waals surface area contributed by atoms with Crippen molar-refractivity contribution >= 4 is 10.9 Å². The van der Waals surface area contributed by atoms with Gasteiger partial charge in [0.2, 0.25) is 0 Å². The fourth-order valence-corrected chi connectivity index (χ4v) is 5.59. The Hall–Kier alpha value is -3.65. The highest BCUT2D eigenvalue weighted by molar-refractivity contribution is 5.86. The number of nitrogens with zero attached hydrogens (tertiary/aromatic N) is 1. The summed E-state index contributed by atoms with van der Waals surface area (Å²) in [5.41, 5.74) is 6.10. The molecule has 3 heterocycles. The summed E-state index contributed by atoms with van der Waals surface area (Å²) in [4.78, 5) is 6.08. The molecule has 2 aliphatic heterocycles. The molecule has 1 atom stereocenters. The molecule has 0 radical (unpaired) electrons. The van der Waals surface area contributed by atoms with Crippen molar-refractivity contribution in [1.82, 2.24) is 9.88 Å². The van der Waals surface area contributed by atoms with Crippen LogP contribution in [0.5, 0.6) is 17.2 Å². The van der Waals surface area contributed by atoms with Crippen LogP contribution in [0.2, 0.25) is 0 Å². The van der Waals surface area contributed by atoms with Crippen LogP contribution in [-0.4, -0.2) is 30.6 Å². The van der Waals surface area contributed by atoms with E-state index in [0.717, 1.165) is 49.3 Å². The second kappa shape index (κ2) is 9.03. The summed E-state index contributed by atoms with van der Waals surface area (Å²) in [6, 6.07) is 15.5. The van der Waals surface area contributed by atoms with E-state index < -0.39 is 11.7 Å². The molecule has 0 bridgehead atoms. The van der Waals surface area contributed by atoms with Gasteiger partial charge >= 0.3 is 6.18 Å². The highest BCUT2D eigenvalue weighted by Gasteiger charge is 2.35. The van der Waals surface area contributed by atoms with E-state index in [1.165, 1.54) is 39.9 Å². The molecule has 5 nitrogen and oxygen atoms in total. The molecule has 0 spiro atoms. The molecular weight excluding hydrogens is 481 g/mol. The third-order valence-corrected chi connectivity index (χ3v) is 7.53. The topological polar surface area (TPSA) is 46.7 Å². The molecule has 37 heavy (non-hydrogen) atoms. The van der Waals surface area contributed by atoms with Crippen molar-refractivity contribution < 1.29 is 27.4 Å². The Labute approximate surface area is 212 Å². The van der Waals surface area contributed by atoms with Gasteiger partial charge in [0.1, 0.15) is 12.4 Å². The van der Waals surface area contributed by atoms with Crippen molar-refractivity contribution in [3.63, 3.8) is 0 Å². The molecule has 0 saturated carbocycles. The van der Waals surface area contributed by atoms with Gasteiger partial charge < -0.3 is 19.2 Å². The highest BCUT2D eigenvalue weighted by atomic mass is 19.4. The van der Waals surface area contributed by atoms with Crippen LogP contribution >= 0.6 is 0 Å². The lowest BCUT2D eigenvalue weighted by molar-refractivity contribution is -0.137. The summed E-state index contributed by atoms with van der Waals surface area (Å²) in [5, 5.41) is 1.19. The monoisotopic (exact) mass is 508 g/mol. The van der Waals surface area contributed by atoms with Gasteiger partial charge in [-0.15, -0.1) is 0 Å². The standard InChI is InChI=1S/C29H27F3N2O3/c1-35-20-7-8-24-22(12-20)23-13-26-21-14-28(37-16-17-3-5-19(6-4-17)29(30,31)32)27(36-2)11-18(21)9-10-34(26)15-25(23)33-24/h3-8,11-12,14,26,33H,9-10,13,15-16H2,1-2H3/t26-/m1/s1. The number of nitrogens with one attached hydrogen (secondary N) is 1. The largest absolute Gasteiger partial charge is 0.497 e. The predicted molar refractivity (Wildman–Crippen MR) is 134 cm³/mol. The summed E-state index contributed by atoms with van der Waals surface area (Å²) in [6.45, 7) is 1.93. The number of halogens is 3. The van der Waals surface area contributed by atoms with Crippen molar-refractivity contribution in [3.8, 4) is 17.2 Å². The van der Waals surface area contributed by atoms with Crippen LogP contribution in [0.25, 0.3) is 10.9 Å². The van der Waals surface area contributed by atoms with Crippen LogP contribution < -0.4 is 14.2 Å². The van der Waals surface area contributed by atoms with Gasteiger partial charge in [-0.3, -0.25) is 4.90 Å². The lowest BCUT2D eigenvalue weighted by Crippen LogP contribution is -2.39. The second-order valence-electron chi connectivity index (χ2n) is 9.62. The van der Waals surface area contributed by atoms with E-state index in [4.69, 9.17) is 14.2 Å². The molecular formula is C29H27F3N2O3. The quantitative estimate of drug-likeness (QED) is 0.337. The smallest absolute Gasteiger partial charge is 0.416 e. The van der Waals surface area contributed by atoms with Gasteiger partial charge in [0.05, 0.1) is 19.8 Å². The Balaban J connectivity index is 1.30. The van der Waals surface area contributed by atoms with E-state index in [-0.39, 0.29) is 12.6 Å². The number of hydrogen-bond donors (Lipinski definition) is 1. The molecule has 0 aliphatic carbocycles. The first-order valence-electron chi connectivity index (χ1n) is 12.3. The Bertz CT molecular complexity index is 1460. The minimum absolute atomic E-state index is 0.147. The fourth-order valence-electron chi connectivity index (χ4n) is 5.59. The van der Waals surface area contributed by atoms with Crippen LogP contribution in [0.4, 0.5) is 13.2 Å². The van der Waals surface area contributed by atoms with E-state index in [1.54, 1.807) is 14.2 Å². The van der Waals surface area contributed by atoms with Crippen molar-refractivity contribution in [2.45, 2.75) is 38.2 Å². The van der Waals surface area contributed by atoms with Gasteiger partial charge in [0.25, 0.3) is 0 Å². The molecule has 1 N–H and O–H groups in total. The highest BCUT2D eigenvalue weighted by Crippen LogP contribution is 2.44. The van der Waals surface area contributed by atoms with Crippen LogP contribution in [0.3, 0.4) is 0 Å².